The number of ether oxygens (including phenoxy) is 2. The summed E-state index contributed by atoms with van der Waals surface area (Å²) in [6.07, 6.45) is 2.88. The molecule has 7 nitrogen and oxygen atoms in total. The zero-order valence-corrected chi connectivity index (χ0v) is 18.3. The zero-order valence-electron chi connectivity index (χ0n) is 17.5. The Kier molecular flexibility index (Phi) is 7.46. The van der Waals surface area contributed by atoms with Gasteiger partial charge in [-0.2, -0.15) is 0 Å². The number of rotatable bonds is 8. The van der Waals surface area contributed by atoms with Gasteiger partial charge in [0.25, 0.3) is 5.69 Å². The van der Waals surface area contributed by atoms with Gasteiger partial charge in [0.15, 0.2) is 11.5 Å². The van der Waals surface area contributed by atoms with Gasteiger partial charge in [0, 0.05) is 22.7 Å². The summed E-state index contributed by atoms with van der Waals surface area (Å²) in [5.41, 5.74) is 2.16. The number of benzene rings is 3. The Morgan fingerprint density at radius 3 is 2.62 bits per heavy atom. The topological polar surface area (TPSA) is 90.7 Å². The van der Waals surface area contributed by atoms with Gasteiger partial charge in [-0.3, -0.25) is 14.9 Å². The predicted molar refractivity (Wildman–Crippen MR) is 124 cm³/mol. The number of methoxy groups -OCH3 is 1. The smallest absolute Gasteiger partial charge is 0.293 e. The van der Waals surface area contributed by atoms with E-state index in [0.717, 1.165) is 5.56 Å². The SMILES string of the molecule is COc1cc(/C=C/C(=O)Nc2c(C)cccc2[N+](=O)[O-])ccc1OCc1ccccc1Cl. The van der Waals surface area contributed by atoms with Gasteiger partial charge in [-0.15, -0.1) is 0 Å². The number of halogens is 1. The second kappa shape index (κ2) is 10.5. The highest BCUT2D eigenvalue weighted by atomic mass is 35.5. The van der Waals surface area contributed by atoms with Crippen LogP contribution in [0, 0.1) is 17.0 Å². The van der Waals surface area contributed by atoms with Crippen molar-refractivity contribution in [1.29, 1.82) is 0 Å². The number of nitro groups is 1. The standard InChI is InChI=1S/C24H21ClN2O5/c1-16-6-5-9-20(27(29)30)24(16)26-23(28)13-11-17-10-12-21(22(14-17)31-2)32-15-18-7-3-4-8-19(18)25/h3-14H,15H2,1-2H3,(H,26,28)/b13-11+. The minimum absolute atomic E-state index is 0.159. The van der Waals surface area contributed by atoms with Crippen molar-refractivity contribution < 1.29 is 19.2 Å². The van der Waals surface area contributed by atoms with Gasteiger partial charge in [-0.25, -0.2) is 0 Å². The number of carbonyl (C=O) groups is 1. The number of anilines is 1. The number of nitro benzene ring substituents is 1. The Morgan fingerprint density at radius 2 is 1.91 bits per heavy atom. The van der Waals surface area contributed by atoms with E-state index < -0.39 is 10.8 Å². The first-order valence-corrected chi connectivity index (χ1v) is 10.0. The van der Waals surface area contributed by atoms with Gasteiger partial charge in [-0.1, -0.05) is 48.0 Å². The van der Waals surface area contributed by atoms with Crippen LogP contribution in [-0.4, -0.2) is 17.9 Å². The molecule has 0 aliphatic heterocycles. The third-order valence-corrected chi connectivity index (χ3v) is 5.02. The molecule has 0 bridgehead atoms. The lowest BCUT2D eigenvalue weighted by molar-refractivity contribution is -0.384. The molecular formula is C24H21ClN2O5. The van der Waals surface area contributed by atoms with Crippen molar-refractivity contribution in [3.8, 4) is 11.5 Å². The summed E-state index contributed by atoms with van der Waals surface area (Å²) in [6, 6.07) is 17.2. The number of carbonyl (C=O) groups excluding carboxylic acids is 1. The molecule has 1 N–H and O–H groups in total. The molecule has 164 valence electrons. The predicted octanol–water partition coefficient (Wildman–Crippen LogP) is 5.80. The number of nitrogens with one attached hydrogen (secondary N) is 1. The van der Waals surface area contributed by atoms with E-state index >= 15 is 0 Å². The van der Waals surface area contributed by atoms with Crippen LogP contribution in [0.1, 0.15) is 16.7 Å². The highest BCUT2D eigenvalue weighted by Crippen LogP contribution is 2.30. The van der Waals surface area contributed by atoms with Crippen molar-refractivity contribution in [1.82, 2.24) is 0 Å². The molecule has 0 saturated heterocycles. The molecule has 0 fully saturated rings. The van der Waals surface area contributed by atoms with E-state index in [0.29, 0.717) is 27.6 Å². The average Bonchev–Trinajstić information content (AvgIpc) is 2.78. The fourth-order valence-electron chi connectivity index (χ4n) is 2.98. The molecule has 8 heteroatoms. The first-order valence-electron chi connectivity index (χ1n) is 9.66. The number of nitrogens with zero attached hydrogens (tertiary/aromatic N) is 1. The summed E-state index contributed by atoms with van der Waals surface area (Å²) < 4.78 is 11.2. The van der Waals surface area contributed by atoms with Gasteiger partial charge >= 0.3 is 0 Å². The van der Waals surface area contributed by atoms with Gasteiger partial charge in [0.1, 0.15) is 12.3 Å². The second-order valence-corrected chi connectivity index (χ2v) is 7.25. The Morgan fingerprint density at radius 1 is 1.12 bits per heavy atom. The number of aryl methyl sites for hydroxylation is 1. The lowest BCUT2D eigenvalue weighted by Gasteiger charge is -2.12. The monoisotopic (exact) mass is 452 g/mol. The molecule has 1 amide bonds. The van der Waals surface area contributed by atoms with E-state index in [1.54, 1.807) is 49.4 Å². The van der Waals surface area contributed by atoms with E-state index in [-0.39, 0.29) is 18.0 Å². The molecule has 3 aromatic rings. The molecule has 3 rings (SSSR count). The summed E-state index contributed by atoms with van der Waals surface area (Å²) >= 11 is 6.16. The van der Waals surface area contributed by atoms with Crippen LogP contribution in [0.25, 0.3) is 6.08 Å². The molecule has 0 saturated carbocycles. The van der Waals surface area contributed by atoms with Crippen LogP contribution < -0.4 is 14.8 Å². The van der Waals surface area contributed by atoms with E-state index in [1.165, 1.54) is 19.3 Å². The molecule has 0 aliphatic carbocycles. The molecule has 0 spiro atoms. The quantitative estimate of drug-likeness (QED) is 0.265. The third kappa shape index (κ3) is 5.65. The van der Waals surface area contributed by atoms with E-state index in [1.807, 2.05) is 18.2 Å². The van der Waals surface area contributed by atoms with Crippen molar-refractivity contribution in [2.75, 3.05) is 12.4 Å². The minimum Gasteiger partial charge on any atom is -0.493 e. The molecule has 3 aromatic carbocycles. The number of hydrogen-bond donors (Lipinski definition) is 1. The molecule has 32 heavy (non-hydrogen) atoms. The number of amides is 1. The first-order chi connectivity index (χ1) is 15.4. The van der Waals surface area contributed by atoms with Crippen LogP contribution in [-0.2, 0) is 11.4 Å². The molecular weight excluding hydrogens is 432 g/mol. The largest absolute Gasteiger partial charge is 0.493 e. The van der Waals surface area contributed by atoms with Crippen LogP contribution in [0.5, 0.6) is 11.5 Å². The number of para-hydroxylation sites is 1. The average molecular weight is 453 g/mol. The minimum atomic E-state index is -0.529. The fourth-order valence-corrected chi connectivity index (χ4v) is 3.17. The zero-order chi connectivity index (χ0) is 23.1. The summed E-state index contributed by atoms with van der Waals surface area (Å²) in [4.78, 5) is 23.0. The fraction of sp³-hybridized carbons (Fsp3) is 0.125. The van der Waals surface area contributed by atoms with Gasteiger partial charge in [0.05, 0.1) is 12.0 Å². The Balaban J connectivity index is 1.70. The van der Waals surface area contributed by atoms with Crippen molar-refractivity contribution in [2.45, 2.75) is 13.5 Å². The summed E-state index contributed by atoms with van der Waals surface area (Å²) in [5.74, 6) is 0.541. The van der Waals surface area contributed by atoms with E-state index in [9.17, 15) is 14.9 Å². The lowest BCUT2D eigenvalue weighted by Crippen LogP contribution is -2.11. The molecule has 0 heterocycles. The Labute approximate surface area is 190 Å². The second-order valence-electron chi connectivity index (χ2n) is 6.84. The Hall–Kier alpha value is -3.84. The maximum atomic E-state index is 12.3. The van der Waals surface area contributed by atoms with Crippen molar-refractivity contribution in [3.63, 3.8) is 0 Å². The summed E-state index contributed by atoms with van der Waals surface area (Å²) in [6.45, 7) is 1.97. The Bertz CT molecular complexity index is 1180. The first kappa shape index (κ1) is 22.8. The maximum absolute atomic E-state index is 12.3. The van der Waals surface area contributed by atoms with Crippen LogP contribution in [0.4, 0.5) is 11.4 Å². The van der Waals surface area contributed by atoms with Crippen LogP contribution in [0.3, 0.4) is 0 Å². The van der Waals surface area contributed by atoms with Crippen molar-refractivity contribution in [2.24, 2.45) is 0 Å². The van der Waals surface area contributed by atoms with Crippen molar-refractivity contribution >= 4 is 35.0 Å². The van der Waals surface area contributed by atoms with Gasteiger partial charge < -0.3 is 14.8 Å². The van der Waals surface area contributed by atoms with Crippen LogP contribution >= 0.6 is 11.6 Å². The highest BCUT2D eigenvalue weighted by molar-refractivity contribution is 6.31. The molecule has 0 aromatic heterocycles. The van der Waals surface area contributed by atoms with Gasteiger partial charge in [-0.05, 0) is 42.3 Å². The van der Waals surface area contributed by atoms with E-state index in [2.05, 4.69) is 5.32 Å². The lowest BCUT2D eigenvalue weighted by atomic mass is 10.1. The van der Waals surface area contributed by atoms with Crippen LogP contribution in [0.15, 0.2) is 66.7 Å². The van der Waals surface area contributed by atoms with E-state index in [4.69, 9.17) is 21.1 Å². The maximum Gasteiger partial charge on any atom is 0.293 e. The third-order valence-electron chi connectivity index (χ3n) is 4.65. The molecule has 0 aliphatic rings. The molecule has 0 unspecified atom stereocenters. The summed E-state index contributed by atoms with van der Waals surface area (Å²) in [5, 5.41) is 14.4. The molecule has 0 atom stereocenters. The van der Waals surface area contributed by atoms with Crippen molar-refractivity contribution in [3.05, 3.63) is 98.6 Å². The normalized spacial score (nSPS) is 10.7. The van der Waals surface area contributed by atoms with Gasteiger partial charge in [0.2, 0.25) is 5.91 Å². The summed E-state index contributed by atoms with van der Waals surface area (Å²) in [7, 11) is 1.52. The molecule has 0 radical (unpaired) electrons. The number of hydrogen-bond acceptors (Lipinski definition) is 5. The van der Waals surface area contributed by atoms with Crippen LogP contribution in [0.2, 0.25) is 5.02 Å². The highest BCUT2D eigenvalue weighted by Gasteiger charge is 2.16.